The molecule has 1 aromatic heterocycles. The average Bonchev–Trinajstić information content (AvgIpc) is 3.39. The maximum atomic E-state index is 12.7. The van der Waals surface area contributed by atoms with Gasteiger partial charge in [-0.2, -0.15) is 0 Å². The van der Waals surface area contributed by atoms with Crippen LogP contribution in [0, 0.1) is 27.2 Å². The van der Waals surface area contributed by atoms with Gasteiger partial charge in [0, 0.05) is 29.8 Å². The van der Waals surface area contributed by atoms with Crippen LogP contribution in [0.5, 0.6) is 0 Å². The minimum atomic E-state index is -0.700. The van der Waals surface area contributed by atoms with E-state index in [9.17, 15) is 34.6 Å². The number of nitro benzene ring substituents is 2. The maximum Gasteiger partial charge on any atom is 0.293 e. The lowest BCUT2D eigenvalue weighted by Gasteiger charge is -2.11. The fourth-order valence-electron chi connectivity index (χ4n) is 3.35. The van der Waals surface area contributed by atoms with E-state index in [2.05, 4.69) is 0 Å². The predicted molar refractivity (Wildman–Crippen MR) is 126 cm³/mol. The van der Waals surface area contributed by atoms with Crippen molar-refractivity contribution in [3.05, 3.63) is 96.6 Å². The highest BCUT2D eigenvalue weighted by atomic mass is 32.2. The van der Waals surface area contributed by atoms with E-state index in [0.717, 1.165) is 17.0 Å². The van der Waals surface area contributed by atoms with E-state index in [1.54, 1.807) is 19.1 Å². The molecule has 0 aliphatic carbocycles. The zero-order valence-electron chi connectivity index (χ0n) is 18.0. The largest absolute Gasteiger partial charge is 0.456 e. The number of carbonyl (C=O) groups is 3. The number of Topliss-reactive ketones (excluding diaryl/α,β-unsaturated/α-hetero) is 1. The molecule has 1 aliphatic heterocycles. The van der Waals surface area contributed by atoms with E-state index in [4.69, 9.17) is 4.42 Å². The highest BCUT2D eigenvalue weighted by Gasteiger charge is 2.36. The van der Waals surface area contributed by atoms with Gasteiger partial charge in [0.05, 0.1) is 26.9 Å². The van der Waals surface area contributed by atoms with Crippen LogP contribution in [0.4, 0.5) is 16.2 Å². The molecule has 0 unspecified atom stereocenters. The zero-order valence-corrected chi connectivity index (χ0v) is 18.8. The third kappa shape index (κ3) is 4.87. The summed E-state index contributed by atoms with van der Waals surface area (Å²) >= 11 is 0.624. The minimum absolute atomic E-state index is 0.0193. The molecule has 12 heteroatoms. The van der Waals surface area contributed by atoms with Crippen molar-refractivity contribution in [2.24, 2.45) is 0 Å². The Labute approximate surface area is 201 Å². The number of hydrogen-bond donors (Lipinski definition) is 0. The molecule has 2 heterocycles. The Morgan fingerprint density at radius 1 is 1.03 bits per heavy atom. The van der Waals surface area contributed by atoms with Gasteiger partial charge < -0.3 is 4.42 Å². The molecule has 0 saturated carbocycles. The van der Waals surface area contributed by atoms with Crippen LogP contribution in [0.25, 0.3) is 17.4 Å². The smallest absolute Gasteiger partial charge is 0.293 e. The van der Waals surface area contributed by atoms with E-state index >= 15 is 0 Å². The van der Waals surface area contributed by atoms with Crippen LogP contribution in [0.2, 0.25) is 0 Å². The molecule has 11 nitrogen and oxygen atoms in total. The second kappa shape index (κ2) is 9.35. The normalized spacial score (nSPS) is 14.5. The molecule has 4 rings (SSSR count). The highest BCUT2D eigenvalue weighted by Crippen LogP contribution is 2.35. The van der Waals surface area contributed by atoms with E-state index in [1.807, 2.05) is 0 Å². The predicted octanol–water partition coefficient (Wildman–Crippen LogP) is 4.99. The van der Waals surface area contributed by atoms with Gasteiger partial charge in [0.1, 0.15) is 11.5 Å². The first-order chi connectivity index (χ1) is 16.6. The molecule has 35 heavy (non-hydrogen) atoms. The number of nitrogens with zero attached hydrogens (tertiary/aromatic N) is 3. The summed E-state index contributed by atoms with van der Waals surface area (Å²) in [5.41, 5.74) is 0.778. The van der Waals surface area contributed by atoms with Crippen LogP contribution in [0.1, 0.15) is 21.7 Å². The molecule has 176 valence electrons. The number of hydrogen-bond acceptors (Lipinski definition) is 9. The van der Waals surface area contributed by atoms with Crippen molar-refractivity contribution in [1.82, 2.24) is 4.90 Å². The summed E-state index contributed by atoms with van der Waals surface area (Å²) in [4.78, 5) is 59.4. The van der Waals surface area contributed by atoms with Gasteiger partial charge in [-0.15, -0.1) is 0 Å². The van der Waals surface area contributed by atoms with Crippen molar-refractivity contribution in [2.75, 3.05) is 6.54 Å². The van der Waals surface area contributed by atoms with Crippen LogP contribution in [0.15, 0.2) is 63.9 Å². The van der Waals surface area contributed by atoms with Gasteiger partial charge >= 0.3 is 0 Å². The lowest BCUT2D eigenvalue weighted by Crippen LogP contribution is -2.33. The first-order valence-electron chi connectivity index (χ1n) is 10.0. The molecule has 1 saturated heterocycles. The molecule has 0 atom stereocenters. The molecular weight excluding hydrogens is 478 g/mol. The van der Waals surface area contributed by atoms with Gasteiger partial charge in [-0.05, 0) is 54.6 Å². The standard InChI is InChI=1S/C23H15N3O8S/c1-13-2-8-17(18(10-13)26(32)33)20-9-7-16(34-20)11-21-22(28)24(23(29)35-21)12-19(27)14-3-5-15(6-4-14)25(30)31/h2-11H,12H2,1H3/b21-11+. The third-order valence-corrected chi connectivity index (χ3v) is 6.00. The van der Waals surface area contributed by atoms with Crippen LogP contribution >= 0.6 is 11.8 Å². The fourth-order valence-corrected chi connectivity index (χ4v) is 4.16. The SMILES string of the molecule is Cc1ccc(-c2ccc(/C=C3/SC(=O)N(CC(=O)c4ccc([N+](=O)[O-])cc4)C3=O)o2)c([N+](=O)[O-])c1. The van der Waals surface area contributed by atoms with Crippen molar-refractivity contribution in [3.63, 3.8) is 0 Å². The Morgan fingerprint density at radius 2 is 1.74 bits per heavy atom. The summed E-state index contributed by atoms with van der Waals surface area (Å²) in [7, 11) is 0. The first-order valence-corrected chi connectivity index (χ1v) is 10.8. The van der Waals surface area contributed by atoms with Gasteiger partial charge in [-0.25, -0.2) is 0 Å². The van der Waals surface area contributed by atoms with Gasteiger partial charge in [0.15, 0.2) is 5.78 Å². The van der Waals surface area contributed by atoms with Gasteiger partial charge in [0.2, 0.25) is 0 Å². The van der Waals surface area contributed by atoms with Gasteiger partial charge in [-0.3, -0.25) is 39.5 Å². The minimum Gasteiger partial charge on any atom is -0.456 e. The molecule has 2 amide bonds. The second-order valence-corrected chi connectivity index (χ2v) is 8.47. The summed E-state index contributed by atoms with van der Waals surface area (Å²) in [6, 6.07) is 12.5. The molecule has 0 N–H and O–H groups in total. The summed E-state index contributed by atoms with van der Waals surface area (Å²) in [6.07, 6.45) is 1.32. The maximum absolute atomic E-state index is 12.7. The molecule has 0 bridgehead atoms. The highest BCUT2D eigenvalue weighted by molar-refractivity contribution is 8.18. The van der Waals surface area contributed by atoms with E-state index < -0.39 is 33.3 Å². The van der Waals surface area contributed by atoms with Crippen LogP contribution in [-0.4, -0.2) is 38.2 Å². The summed E-state index contributed by atoms with van der Waals surface area (Å²) in [5, 5.41) is 21.5. The number of imide groups is 1. The monoisotopic (exact) mass is 493 g/mol. The molecule has 2 aromatic carbocycles. The molecule has 3 aromatic rings. The van der Waals surface area contributed by atoms with Crippen molar-refractivity contribution in [2.45, 2.75) is 6.92 Å². The Kier molecular flexibility index (Phi) is 6.30. The summed E-state index contributed by atoms with van der Waals surface area (Å²) in [5.74, 6) is -0.845. The van der Waals surface area contributed by atoms with Gasteiger partial charge in [0.25, 0.3) is 22.5 Å². The Bertz CT molecular complexity index is 1420. The second-order valence-electron chi connectivity index (χ2n) is 7.47. The fraction of sp³-hybridized carbons (Fsp3) is 0.0870. The Balaban J connectivity index is 1.52. The van der Waals surface area contributed by atoms with Crippen LogP contribution in [0.3, 0.4) is 0 Å². The van der Waals surface area contributed by atoms with Gasteiger partial charge in [-0.1, -0.05) is 6.07 Å². The number of carbonyl (C=O) groups excluding carboxylic acids is 3. The summed E-state index contributed by atoms with van der Waals surface area (Å²) in [6.45, 7) is 1.20. The molecule has 0 spiro atoms. The molecular formula is C23H15N3O8S. The Hall–Kier alpha value is -4.58. The Morgan fingerprint density at radius 3 is 2.40 bits per heavy atom. The van der Waals surface area contributed by atoms with Crippen LogP contribution in [-0.2, 0) is 4.79 Å². The lowest BCUT2D eigenvalue weighted by molar-refractivity contribution is -0.384. The number of aryl methyl sites for hydroxylation is 1. The van der Waals surface area contributed by atoms with Crippen molar-refractivity contribution < 1.29 is 28.6 Å². The van der Waals surface area contributed by atoms with E-state index in [-0.39, 0.29) is 38.9 Å². The number of benzene rings is 2. The number of amides is 2. The number of rotatable bonds is 7. The topological polar surface area (TPSA) is 154 Å². The summed E-state index contributed by atoms with van der Waals surface area (Å²) < 4.78 is 5.66. The number of thioether (sulfide) groups is 1. The quantitative estimate of drug-likeness (QED) is 0.192. The van der Waals surface area contributed by atoms with E-state index in [0.29, 0.717) is 17.3 Å². The number of non-ortho nitro benzene ring substituents is 1. The molecule has 0 radical (unpaired) electrons. The number of nitro groups is 2. The van der Waals surface area contributed by atoms with Crippen molar-refractivity contribution >= 4 is 46.1 Å². The lowest BCUT2D eigenvalue weighted by atomic mass is 10.1. The molecule has 1 aliphatic rings. The van der Waals surface area contributed by atoms with Crippen molar-refractivity contribution in [3.8, 4) is 11.3 Å². The molecule has 1 fully saturated rings. The number of furan rings is 1. The van der Waals surface area contributed by atoms with E-state index in [1.165, 1.54) is 36.4 Å². The van der Waals surface area contributed by atoms with Crippen molar-refractivity contribution in [1.29, 1.82) is 0 Å². The average molecular weight is 493 g/mol. The van der Waals surface area contributed by atoms with Crippen LogP contribution < -0.4 is 0 Å². The first kappa shape index (κ1) is 23.6. The number of ketones is 1. The zero-order chi connectivity index (χ0) is 25.3. The third-order valence-electron chi connectivity index (χ3n) is 5.09.